The van der Waals surface area contributed by atoms with Gasteiger partial charge in [0.1, 0.15) is 0 Å². The first-order valence-electron chi connectivity index (χ1n) is 18.9. The molecule has 0 aromatic carbocycles. The van der Waals surface area contributed by atoms with Crippen molar-refractivity contribution >= 4 is 35.1 Å². The normalized spacial score (nSPS) is 12.3. The monoisotopic (exact) mass is 664 g/mol. The number of carbonyl (C=O) groups is 2. The zero-order valence-corrected chi connectivity index (χ0v) is 31.3. The second-order valence-corrected chi connectivity index (χ2v) is 13.5. The number of unbranched alkanes of at least 4 members (excludes halogenated alkanes) is 16. The van der Waals surface area contributed by atoms with Crippen molar-refractivity contribution in [3.05, 3.63) is 0 Å². The minimum absolute atomic E-state index is 0.142. The number of alkyl halides is 2. The maximum atomic E-state index is 11.5. The van der Waals surface area contributed by atoms with Crippen molar-refractivity contribution in [2.24, 2.45) is 11.8 Å². The Bertz CT molecular complexity index is 537. The molecule has 6 heteroatoms. The third kappa shape index (κ3) is 36.0. The van der Waals surface area contributed by atoms with Gasteiger partial charge in [0.15, 0.2) is 0 Å². The van der Waals surface area contributed by atoms with Gasteiger partial charge in [-0.25, -0.2) is 0 Å². The topological polar surface area (TPSA) is 52.6 Å². The van der Waals surface area contributed by atoms with Crippen LogP contribution in [0.5, 0.6) is 0 Å². The zero-order chi connectivity index (χ0) is 32.9. The predicted molar refractivity (Wildman–Crippen MR) is 193 cm³/mol. The van der Waals surface area contributed by atoms with Crippen molar-refractivity contribution in [1.82, 2.24) is 0 Å². The van der Waals surface area contributed by atoms with E-state index in [0.29, 0.717) is 49.7 Å². The summed E-state index contributed by atoms with van der Waals surface area (Å²) >= 11 is 11.1. The van der Waals surface area contributed by atoms with Gasteiger partial charge in [-0.05, 0) is 37.5 Å². The maximum absolute atomic E-state index is 11.5. The van der Waals surface area contributed by atoms with Crippen molar-refractivity contribution in [1.29, 1.82) is 0 Å². The minimum atomic E-state index is -0.142. The summed E-state index contributed by atoms with van der Waals surface area (Å²) in [7, 11) is 0. The zero-order valence-electron chi connectivity index (χ0n) is 29.8. The van der Waals surface area contributed by atoms with Gasteiger partial charge in [-0.15, -0.1) is 23.2 Å². The Hall–Kier alpha value is -0.480. The molecule has 0 aliphatic rings. The number of esters is 2. The molecule has 0 spiro atoms. The van der Waals surface area contributed by atoms with E-state index in [1.807, 2.05) is 0 Å². The molecule has 0 aliphatic carbocycles. The second kappa shape index (κ2) is 38.7. The lowest BCUT2D eigenvalue weighted by molar-refractivity contribution is -0.145. The molecule has 4 nitrogen and oxygen atoms in total. The smallest absolute Gasteiger partial charge is 0.307 e. The van der Waals surface area contributed by atoms with E-state index in [0.717, 1.165) is 0 Å². The predicted octanol–water partition coefficient (Wildman–Crippen LogP) is 13.0. The first-order chi connectivity index (χ1) is 21.5. The van der Waals surface area contributed by atoms with Crippen molar-refractivity contribution in [2.75, 3.05) is 25.0 Å². The van der Waals surface area contributed by atoms with Gasteiger partial charge in [-0.2, -0.15) is 0 Å². The van der Waals surface area contributed by atoms with Gasteiger partial charge < -0.3 is 9.47 Å². The maximum Gasteiger partial charge on any atom is 0.307 e. The summed E-state index contributed by atoms with van der Waals surface area (Å²) < 4.78 is 10.7. The highest BCUT2D eigenvalue weighted by molar-refractivity contribution is 6.19. The standard InChI is InChI=1S/2C19H37ClO2/c2*1-3-5-7-9-10-12-14-18(13-11-8-6-4-2)17-22-19(21)15-16-20/h2*18H,3-17H2,1-2H3. The minimum Gasteiger partial charge on any atom is -0.465 e. The fraction of sp³-hybridized carbons (Fsp3) is 0.947. The lowest BCUT2D eigenvalue weighted by Gasteiger charge is -2.17. The molecule has 0 heterocycles. The lowest BCUT2D eigenvalue weighted by atomic mass is 9.95. The molecule has 0 radical (unpaired) electrons. The summed E-state index contributed by atoms with van der Waals surface area (Å²) in [6.45, 7) is 10.2. The van der Waals surface area contributed by atoms with Crippen molar-refractivity contribution in [3.63, 3.8) is 0 Å². The first kappa shape index (κ1) is 45.6. The molecule has 0 aromatic rings. The van der Waals surface area contributed by atoms with Crippen molar-refractivity contribution < 1.29 is 19.1 Å². The van der Waals surface area contributed by atoms with Crippen LogP contribution in [-0.4, -0.2) is 36.9 Å². The Kier molecular flexibility index (Phi) is 40.1. The van der Waals surface area contributed by atoms with Crippen LogP contribution in [0.3, 0.4) is 0 Å². The van der Waals surface area contributed by atoms with Crippen LogP contribution in [-0.2, 0) is 19.1 Å². The summed E-state index contributed by atoms with van der Waals surface area (Å²) in [5.74, 6) is 1.52. The molecule has 0 rings (SSSR count). The van der Waals surface area contributed by atoms with Crippen LogP contribution >= 0.6 is 23.2 Å². The summed E-state index contributed by atoms with van der Waals surface area (Å²) in [5, 5.41) is 0. The highest BCUT2D eigenvalue weighted by atomic mass is 35.5. The van der Waals surface area contributed by atoms with Crippen LogP contribution in [0.15, 0.2) is 0 Å². The molecule has 2 unspecified atom stereocenters. The van der Waals surface area contributed by atoms with E-state index in [1.54, 1.807) is 0 Å². The largest absolute Gasteiger partial charge is 0.465 e. The van der Waals surface area contributed by atoms with E-state index in [1.165, 1.54) is 154 Å². The van der Waals surface area contributed by atoms with Gasteiger partial charge in [0.2, 0.25) is 0 Å². The number of rotatable bonds is 32. The number of carbonyl (C=O) groups excluding carboxylic acids is 2. The van der Waals surface area contributed by atoms with Crippen LogP contribution in [0.1, 0.15) is 195 Å². The Morgan fingerprint density at radius 2 is 0.682 bits per heavy atom. The average molecular weight is 666 g/mol. The second-order valence-electron chi connectivity index (χ2n) is 12.8. The van der Waals surface area contributed by atoms with E-state index in [2.05, 4.69) is 27.7 Å². The summed E-state index contributed by atoms with van der Waals surface area (Å²) in [6, 6.07) is 0. The molecule has 0 amide bonds. The highest BCUT2D eigenvalue weighted by Crippen LogP contribution is 2.21. The molecule has 2 atom stereocenters. The van der Waals surface area contributed by atoms with Crippen LogP contribution in [0.4, 0.5) is 0 Å². The lowest BCUT2D eigenvalue weighted by Crippen LogP contribution is -2.15. The summed E-state index contributed by atoms with van der Waals surface area (Å²) in [6.07, 6.45) is 31.7. The first-order valence-corrected chi connectivity index (χ1v) is 20.0. The third-order valence-corrected chi connectivity index (χ3v) is 8.80. The molecule has 0 aromatic heterocycles. The van der Waals surface area contributed by atoms with E-state index in [-0.39, 0.29) is 11.9 Å². The van der Waals surface area contributed by atoms with Crippen LogP contribution in [0.2, 0.25) is 0 Å². The number of halogens is 2. The molecular formula is C38H74Cl2O4. The molecule has 0 fully saturated rings. The number of ether oxygens (including phenoxy) is 2. The van der Waals surface area contributed by atoms with E-state index in [9.17, 15) is 9.59 Å². The van der Waals surface area contributed by atoms with Crippen LogP contribution in [0.25, 0.3) is 0 Å². The Morgan fingerprint density at radius 3 is 0.955 bits per heavy atom. The van der Waals surface area contributed by atoms with E-state index >= 15 is 0 Å². The molecule has 0 saturated heterocycles. The average Bonchev–Trinajstić information content (AvgIpc) is 3.02. The summed E-state index contributed by atoms with van der Waals surface area (Å²) in [5.41, 5.74) is 0. The molecule has 0 N–H and O–H groups in total. The van der Waals surface area contributed by atoms with Gasteiger partial charge in [-0.1, -0.05) is 156 Å². The number of hydrogen-bond donors (Lipinski definition) is 0. The van der Waals surface area contributed by atoms with Gasteiger partial charge >= 0.3 is 11.9 Å². The Morgan fingerprint density at radius 1 is 0.432 bits per heavy atom. The third-order valence-electron chi connectivity index (χ3n) is 8.42. The fourth-order valence-electron chi connectivity index (χ4n) is 5.49. The molecule has 264 valence electrons. The van der Waals surface area contributed by atoms with Crippen LogP contribution < -0.4 is 0 Å². The van der Waals surface area contributed by atoms with Crippen LogP contribution in [0, 0.1) is 11.8 Å². The van der Waals surface area contributed by atoms with Gasteiger partial charge in [0.05, 0.1) is 26.1 Å². The summed E-state index contributed by atoms with van der Waals surface area (Å²) in [4.78, 5) is 22.9. The van der Waals surface area contributed by atoms with Gasteiger partial charge in [0.25, 0.3) is 0 Å². The fourth-order valence-corrected chi connectivity index (χ4v) is 5.80. The molecule has 0 aliphatic heterocycles. The molecule has 0 saturated carbocycles. The Labute approximate surface area is 284 Å². The molecule has 44 heavy (non-hydrogen) atoms. The SMILES string of the molecule is CCCCCCCCC(CCCCCC)COC(=O)CCCl.CCCCCCCCC(CCCCCC)COC(=O)CCCl. The number of hydrogen-bond acceptors (Lipinski definition) is 4. The van der Waals surface area contributed by atoms with Crippen molar-refractivity contribution in [2.45, 2.75) is 195 Å². The molecule has 0 bridgehead atoms. The van der Waals surface area contributed by atoms with Gasteiger partial charge in [-0.3, -0.25) is 9.59 Å². The van der Waals surface area contributed by atoms with Crippen molar-refractivity contribution in [3.8, 4) is 0 Å². The molecular weight excluding hydrogens is 591 g/mol. The Balaban J connectivity index is 0. The van der Waals surface area contributed by atoms with E-state index in [4.69, 9.17) is 32.7 Å². The highest BCUT2D eigenvalue weighted by Gasteiger charge is 2.13. The van der Waals surface area contributed by atoms with Gasteiger partial charge in [0, 0.05) is 11.8 Å². The quantitative estimate of drug-likeness (QED) is 0.0408. The van der Waals surface area contributed by atoms with E-state index < -0.39 is 0 Å².